The Balaban J connectivity index is 1.03. The molecule has 6 heteroatoms. The first kappa shape index (κ1) is 21.6. The van der Waals surface area contributed by atoms with Crippen LogP contribution in [0.4, 0.5) is 0 Å². The minimum absolute atomic E-state index is 0.0486. The standard InChI is InChI=1S/C27H37N3O3/c1-18(31)24(25(33)30-9-7-29(8-10-30)16-19-5-3-2-4-6-19)28-23(32)15-26-13-21-11-20-12-22(14-26)27(20,21)17-26/h2-6,18,20-22,24,31H,7-17H2,1H3,(H,28,32)/t18?,20?,21?,22?,24-,26?,27?/m1/s1. The Bertz CT molecular complexity index is 908. The van der Waals surface area contributed by atoms with Gasteiger partial charge in [0, 0.05) is 39.1 Å². The third-order valence-corrected chi connectivity index (χ3v) is 9.99. The Labute approximate surface area is 196 Å². The van der Waals surface area contributed by atoms with E-state index in [0.717, 1.165) is 37.4 Å². The maximum Gasteiger partial charge on any atom is 0.247 e. The number of aliphatic hydroxyl groups is 1. The van der Waals surface area contributed by atoms with Crippen LogP contribution in [0.15, 0.2) is 30.3 Å². The Hall–Kier alpha value is -1.92. The first-order valence-corrected chi connectivity index (χ1v) is 12.9. The van der Waals surface area contributed by atoms with E-state index in [0.29, 0.717) is 24.9 Å². The van der Waals surface area contributed by atoms with Gasteiger partial charge in [-0.3, -0.25) is 14.5 Å². The number of piperazine rings is 1. The molecule has 2 N–H and O–H groups in total. The molecule has 4 aliphatic carbocycles. The van der Waals surface area contributed by atoms with Gasteiger partial charge in [-0.05, 0) is 73.2 Å². The fourth-order valence-electron chi connectivity index (χ4n) is 8.57. The first-order valence-electron chi connectivity index (χ1n) is 12.9. The molecular weight excluding hydrogens is 414 g/mol. The molecular formula is C27H37N3O3. The van der Waals surface area contributed by atoms with Gasteiger partial charge in [-0.25, -0.2) is 0 Å². The highest BCUT2D eigenvalue weighted by molar-refractivity contribution is 5.88. The van der Waals surface area contributed by atoms with Crippen LogP contribution in [-0.2, 0) is 16.1 Å². The van der Waals surface area contributed by atoms with E-state index in [4.69, 9.17) is 0 Å². The van der Waals surface area contributed by atoms with E-state index in [2.05, 4.69) is 34.5 Å². The summed E-state index contributed by atoms with van der Waals surface area (Å²) in [7, 11) is 0. The highest BCUT2D eigenvalue weighted by atomic mass is 16.3. The summed E-state index contributed by atoms with van der Waals surface area (Å²) in [5.41, 5.74) is 2.02. The van der Waals surface area contributed by atoms with Crippen LogP contribution in [0.3, 0.4) is 0 Å². The van der Waals surface area contributed by atoms with Crippen LogP contribution in [0.5, 0.6) is 0 Å². The SMILES string of the molecule is CC(O)[C@@H](NC(=O)CC12CC3CC4CC(C1)C43C2)C(=O)N1CCN(Cc2ccccc2)CC1. The van der Waals surface area contributed by atoms with Gasteiger partial charge in [0.15, 0.2) is 0 Å². The highest BCUT2D eigenvalue weighted by Crippen LogP contribution is 2.85. The summed E-state index contributed by atoms with van der Waals surface area (Å²) >= 11 is 0. The zero-order chi connectivity index (χ0) is 22.8. The van der Waals surface area contributed by atoms with Crippen LogP contribution >= 0.6 is 0 Å². The van der Waals surface area contributed by atoms with Crippen molar-refractivity contribution in [1.29, 1.82) is 0 Å². The maximum atomic E-state index is 13.2. The molecule has 5 fully saturated rings. The molecule has 1 heterocycles. The summed E-state index contributed by atoms with van der Waals surface area (Å²) in [6.45, 7) is 5.35. The van der Waals surface area contributed by atoms with Gasteiger partial charge < -0.3 is 15.3 Å². The number of fused-ring (bicyclic) bond motifs is 1. The topological polar surface area (TPSA) is 72.9 Å². The van der Waals surface area contributed by atoms with Crippen molar-refractivity contribution in [3.05, 3.63) is 35.9 Å². The smallest absolute Gasteiger partial charge is 0.247 e. The Kier molecular flexibility index (Phi) is 5.11. The van der Waals surface area contributed by atoms with Crippen LogP contribution in [0, 0.1) is 28.6 Å². The molecule has 3 unspecified atom stereocenters. The lowest BCUT2D eigenvalue weighted by Crippen LogP contribution is -2.59. The molecule has 4 saturated carbocycles. The lowest BCUT2D eigenvalue weighted by atomic mass is 9.38. The lowest BCUT2D eigenvalue weighted by molar-refractivity contribution is -0.177. The molecule has 6 nitrogen and oxygen atoms in total. The zero-order valence-electron chi connectivity index (χ0n) is 19.7. The number of aliphatic hydroxyl groups excluding tert-OH is 1. The maximum absolute atomic E-state index is 13.2. The first-order chi connectivity index (χ1) is 15.9. The van der Waals surface area contributed by atoms with Crippen LogP contribution < -0.4 is 5.32 Å². The molecule has 1 spiro atoms. The molecule has 2 amide bonds. The fourth-order valence-corrected chi connectivity index (χ4v) is 8.57. The third kappa shape index (κ3) is 3.44. The van der Waals surface area contributed by atoms with Gasteiger partial charge in [0.2, 0.25) is 11.8 Å². The second-order valence-corrected chi connectivity index (χ2v) is 11.8. The van der Waals surface area contributed by atoms with Crippen LogP contribution in [0.2, 0.25) is 0 Å². The number of carbonyl (C=O) groups excluding carboxylic acids is 2. The fraction of sp³-hybridized carbons (Fsp3) is 0.704. The van der Waals surface area contributed by atoms with Gasteiger partial charge in [-0.2, -0.15) is 0 Å². The van der Waals surface area contributed by atoms with Gasteiger partial charge >= 0.3 is 0 Å². The van der Waals surface area contributed by atoms with Crippen LogP contribution in [-0.4, -0.2) is 65.0 Å². The van der Waals surface area contributed by atoms with Gasteiger partial charge in [0.1, 0.15) is 6.04 Å². The number of carbonyl (C=O) groups is 2. The van der Waals surface area contributed by atoms with Crippen molar-refractivity contribution in [3.8, 4) is 0 Å². The number of nitrogens with one attached hydrogen (secondary N) is 1. The van der Waals surface area contributed by atoms with E-state index >= 15 is 0 Å². The third-order valence-electron chi connectivity index (χ3n) is 9.99. The highest BCUT2D eigenvalue weighted by Gasteiger charge is 2.77. The van der Waals surface area contributed by atoms with E-state index in [1.807, 2.05) is 11.0 Å². The molecule has 0 radical (unpaired) electrons. The number of benzene rings is 1. The van der Waals surface area contributed by atoms with Crippen LogP contribution in [0.25, 0.3) is 0 Å². The van der Waals surface area contributed by atoms with Crippen molar-refractivity contribution in [1.82, 2.24) is 15.1 Å². The Morgan fingerprint density at radius 1 is 1.06 bits per heavy atom. The summed E-state index contributed by atoms with van der Waals surface area (Å²) in [6.07, 6.45) is 6.01. The van der Waals surface area contributed by atoms with Crippen molar-refractivity contribution < 1.29 is 14.7 Å². The molecule has 6 rings (SSSR count). The summed E-state index contributed by atoms with van der Waals surface area (Å²) in [5, 5.41) is 13.3. The quantitative estimate of drug-likeness (QED) is 0.668. The van der Waals surface area contributed by atoms with Crippen molar-refractivity contribution in [2.24, 2.45) is 28.6 Å². The minimum Gasteiger partial charge on any atom is -0.391 e. The second-order valence-electron chi connectivity index (χ2n) is 11.8. The second kappa shape index (κ2) is 7.81. The molecule has 178 valence electrons. The molecule has 2 bridgehead atoms. The van der Waals surface area contributed by atoms with E-state index in [9.17, 15) is 14.7 Å². The van der Waals surface area contributed by atoms with Gasteiger partial charge in [0.25, 0.3) is 0 Å². The van der Waals surface area contributed by atoms with Crippen molar-refractivity contribution >= 4 is 11.8 Å². The van der Waals surface area contributed by atoms with Gasteiger partial charge in [-0.1, -0.05) is 30.3 Å². The molecule has 5 aliphatic rings. The normalized spacial score (nSPS) is 38.1. The summed E-state index contributed by atoms with van der Waals surface area (Å²) in [4.78, 5) is 30.5. The molecule has 0 aromatic heterocycles. The molecule has 1 aromatic rings. The van der Waals surface area contributed by atoms with E-state index in [-0.39, 0.29) is 17.2 Å². The lowest BCUT2D eigenvalue weighted by Gasteiger charge is -2.66. The molecule has 1 aliphatic heterocycles. The van der Waals surface area contributed by atoms with Crippen molar-refractivity contribution in [2.75, 3.05) is 26.2 Å². The van der Waals surface area contributed by atoms with E-state index < -0.39 is 12.1 Å². The number of hydrogen-bond donors (Lipinski definition) is 2. The average molecular weight is 452 g/mol. The number of nitrogens with zero attached hydrogens (tertiary/aromatic N) is 2. The summed E-state index contributed by atoms with van der Waals surface area (Å²) < 4.78 is 0. The minimum atomic E-state index is -0.899. The van der Waals surface area contributed by atoms with E-state index in [1.165, 1.54) is 37.7 Å². The van der Waals surface area contributed by atoms with Crippen molar-refractivity contribution in [3.63, 3.8) is 0 Å². The summed E-state index contributed by atoms with van der Waals surface area (Å²) in [6, 6.07) is 9.53. The molecule has 1 aromatic carbocycles. The predicted molar refractivity (Wildman–Crippen MR) is 125 cm³/mol. The van der Waals surface area contributed by atoms with E-state index in [1.54, 1.807) is 6.92 Å². The van der Waals surface area contributed by atoms with Crippen LogP contribution in [0.1, 0.15) is 51.0 Å². The predicted octanol–water partition coefficient (Wildman–Crippen LogP) is 2.41. The Morgan fingerprint density at radius 2 is 1.73 bits per heavy atom. The molecule has 4 atom stereocenters. The zero-order valence-corrected chi connectivity index (χ0v) is 19.7. The Morgan fingerprint density at radius 3 is 2.30 bits per heavy atom. The molecule has 1 saturated heterocycles. The monoisotopic (exact) mass is 451 g/mol. The average Bonchev–Trinajstić information content (AvgIpc) is 3.25. The molecule has 33 heavy (non-hydrogen) atoms. The van der Waals surface area contributed by atoms with Gasteiger partial charge in [0.05, 0.1) is 6.10 Å². The van der Waals surface area contributed by atoms with Crippen molar-refractivity contribution in [2.45, 2.75) is 64.1 Å². The van der Waals surface area contributed by atoms with Gasteiger partial charge in [-0.15, -0.1) is 0 Å². The number of hydrogen-bond acceptors (Lipinski definition) is 4. The number of rotatable bonds is 7. The number of amides is 2. The largest absolute Gasteiger partial charge is 0.391 e. The summed E-state index contributed by atoms with van der Waals surface area (Å²) in [5.74, 6) is 2.44.